The van der Waals surface area contributed by atoms with Crippen LogP contribution in [0.25, 0.3) is 45.3 Å². The molecule has 0 aliphatic heterocycles. The number of aryl methyl sites for hydroxylation is 4. The second kappa shape index (κ2) is 12.8. The van der Waals surface area contributed by atoms with Crippen molar-refractivity contribution in [2.24, 2.45) is 0 Å². The van der Waals surface area contributed by atoms with Crippen LogP contribution in [0.5, 0.6) is 0 Å². The lowest BCUT2D eigenvalue weighted by molar-refractivity contribution is 1.21. The van der Waals surface area contributed by atoms with Crippen LogP contribution in [0.1, 0.15) is 22.3 Å². The summed E-state index contributed by atoms with van der Waals surface area (Å²) in [4.78, 5) is 21.4. The van der Waals surface area contributed by atoms with E-state index >= 15 is 0 Å². The van der Waals surface area contributed by atoms with Gasteiger partial charge < -0.3 is 4.90 Å². The molecule has 7 aromatic rings. The molecule has 0 fully saturated rings. The van der Waals surface area contributed by atoms with E-state index in [1.54, 1.807) is 12.4 Å². The van der Waals surface area contributed by atoms with Crippen molar-refractivity contribution in [3.05, 3.63) is 162 Å². The van der Waals surface area contributed by atoms with Gasteiger partial charge in [-0.25, -0.2) is 9.97 Å². The Kier molecular flexibility index (Phi) is 8.11. The Morgan fingerprint density at radius 3 is 1.15 bits per heavy atom. The summed E-state index contributed by atoms with van der Waals surface area (Å²) in [6, 6.07) is 43.7. The first-order valence-electron chi connectivity index (χ1n) is 15.8. The summed E-state index contributed by atoms with van der Waals surface area (Å²) in [7, 11) is 0. The van der Waals surface area contributed by atoms with Gasteiger partial charge in [0, 0.05) is 40.6 Å². The predicted molar refractivity (Wildman–Crippen MR) is 193 cm³/mol. The molecule has 4 heterocycles. The molecule has 4 aromatic heterocycles. The van der Waals surface area contributed by atoms with Crippen LogP contribution in [0, 0.1) is 27.7 Å². The van der Waals surface area contributed by atoms with Gasteiger partial charge in [0.15, 0.2) is 0 Å². The highest BCUT2D eigenvalue weighted by Crippen LogP contribution is 2.41. The first kappa shape index (κ1) is 29.8. The molecular weight excluding hydrogens is 574 g/mol. The normalized spacial score (nSPS) is 11.0. The van der Waals surface area contributed by atoms with Crippen molar-refractivity contribution in [2.45, 2.75) is 27.7 Å². The third kappa shape index (κ3) is 6.03. The Labute approximate surface area is 276 Å². The molecule has 0 aliphatic carbocycles. The smallest absolute Gasteiger partial charge is 0.0893 e. The number of benzene rings is 3. The van der Waals surface area contributed by atoms with Crippen LogP contribution in [-0.2, 0) is 0 Å². The summed E-state index contributed by atoms with van der Waals surface area (Å²) in [5, 5.41) is 0. The molecule has 0 unspecified atom stereocenters. The number of hydrogen-bond donors (Lipinski definition) is 0. The number of para-hydroxylation sites is 1. The summed E-state index contributed by atoms with van der Waals surface area (Å²) in [5.41, 5.74) is 15.5. The zero-order valence-corrected chi connectivity index (χ0v) is 27.0. The highest BCUT2D eigenvalue weighted by atomic mass is 15.1. The summed E-state index contributed by atoms with van der Waals surface area (Å²) >= 11 is 0. The highest BCUT2D eigenvalue weighted by molar-refractivity contribution is 5.83. The van der Waals surface area contributed by atoms with E-state index < -0.39 is 0 Å². The van der Waals surface area contributed by atoms with E-state index in [-0.39, 0.29) is 0 Å². The van der Waals surface area contributed by atoms with E-state index in [4.69, 9.17) is 9.97 Å². The van der Waals surface area contributed by atoms with E-state index in [0.29, 0.717) is 0 Å². The van der Waals surface area contributed by atoms with Gasteiger partial charge in [0.05, 0.1) is 34.2 Å². The third-order valence-electron chi connectivity index (χ3n) is 8.43. The Hall–Kier alpha value is -5.94. The van der Waals surface area contributed by atoms with Gasteiger partial charge in [0.25, 0.3) is 0 Å². The zero-order chi connectivity index (χ0) is 32.3. The van der Waals surface area contributed by atoms with Crippen molar-refractivity contribution in [3.8, 4) is 45.3 Å². The lowest BCUT2D eigenvalue weighted by Gasteiger charge is -2.28. The molecule has 0 saturated heterocycles. The molecule has 0 amide bonds. The van der Waals surface area contributed by atoms with Crippen LogP contribution in [-0.4, -0.2) is 19.9 Å². The molecular formula is C42H35N5. The molecule has 0 radical (unpaired) electrons. The van der Waals surface area contributed by atoms with Gasteiger partial charge in [-0.15, -0.1) is 0 Å². The summed E-state index contributed by atoms with van der Waals surface area (Å²) < 4.78 is 0. The third-order valence-corrected chi connectivity index (χ3v) is 8.43. The maximum Gasteiger partial charge on any atom is 0.0893 e. The molecule has 0 atom stereocenters. The van der Waals surface area contributed by atoms with E-state index in [1.165, 1.54) is 0 Å². The Bertz CT molecular complexity index is 1990. The average molecular weight is 610 g/mol. The van der Waals surface area contributed by atoms with Crippen LogP contribution in [0.2, 0.25) is 0 Å². The Balaban J connectivity index is 1.30. The second-order valence-electron chi connectivity index (χ2n) is 11.8. The van der Waals surface area contributed by atoms with E-state index in [0.717, 1.165) is 84.6 Å². The van der Waals surface area contributed by atoms with Crippen LogP contribution < -0.4 is 4.90 Å². The zero-order valence-electron chi connectivity index (χ0n) is 27.0. The SMILES string of the molecule is Cc1cc(N(c2ccccc2)c2cc(C)c(-c3cccc(-c4ccccn4)n3)c(C)c2)cc(C)c1-c1cccc(-c2ccccn2)n1. The fourth-order valence-electron chi connectivity index (χ4n) is 6.43. The van der Waals surface area contributed by atoms with Gasteiger partial charge >= 0.3 is 0 Å². The summed E-state index contributed by atoms with van der Waals surface area (Å²) in [6.45, 7) is 8.68. The first-order valence-corrected chi connectivity index (χ1v) is 15.8. The van der Waals surface area contributed by atoms with Crippen molar-refractivity contribution >= 4 is 17.1 Å². The molecule has 0 aliphatic rings. The number of nitrogens with zero attached hydrogens (tertiary/aromatic N) is 5. The molecule has 3 aromatic carbocycles. The lowest BCUT2D eigenvalue weighted by atomic mass is 9.95. The highest BCUT2D eigenvalue weighted by Gasteiger charge is 2.19. The standard InChI is InChI=1S/C42H35N5/c1-28-24-33(25-29(2)41(28)39-20-12-18-37(45-39)35-16-8-10-22-43-35)47(32-14-6-5-7-15-32)34-26-30(3)42(31(4)27-34)40-21-13-19-38(46-40)36-17-9-11-23-44-36/h5-27H,1-4H3. The number of rotatable bonds is 7. The van der Waals surface area contributed by atoms with Gasteiger partial charge in [0.2, 0.25) is 0 Å². The Morgan fingerprint density at radius 1 is 0.362 bits per heavy atom. The first-order chi connectivity index (χ1) is 23.0. The van der Waals surface area contributed by atoms with Crippen molar-refractivity contribution in [2.75, 3.05) is 4.90 Å². The van der Waals surface area contributed by atoms with Crippen molar-refractivity contribution < 1.29 is 0 Å². The van der Waals surface area contributed by atoms with Crippen LogP contribution >= 0.6 is 0 Å². The molecule has 0 bridgehead atoms. The monoisotopic (exact) mass is 609 g/mol. The van der Waals surface area contributed by atoms with Crippen LogP contribution in [0.3, 0.4) is 0 Å². The minimum atomic E-state index is 0.864. The second-order valence-corrected chi connectivity index (χ2v) is 11.8. The number of anilines is 3. The molecule has 0 saturated carbocycles. The molecule has 228 valence electrons. The van der Waals surface area contributed by atoms with Gasteiger partial charge in [-0.3, -0.25) is 9.97 Å². The van der Waals surface area contributed by atoms with Crippen molar-refractivity contribution in [1.82, 2.24) is 19.9 Å². The summed E-state index contributed by atoms with van der Waals surface area (Å²) in [5.74, 6) is 0. The maximum absolute atomic E-state index is 5.03. The van der Waals surface area contributed by atoms with E-state index in [1.807, 2.05) is 48.5 Å². The predicted octanol–water partition coefficient (Wildman–Crippen LogP) is 10.6. The maximum atomic E-state index is 5.03. The number of aromatic nitrogens is 4. The largest absolute Gasteiger partial charge is 0.310 e. The van der Waals surface area contributed by atoms with Crippen molar-refractivity contribution in [3.63, 3.8) is 0 Å². The molecule has 7 rings (SSSR count). The lowest BCUT2D eigenvalue weighted by Crippen LogP contribution is -2.12. The quantitative estimate of drug-likeness (QED) is 0.180. The Morgan fingerprint density at radius 2 is 0.745 bits per heavy atom. The number of hydrogen-bond acceptors (Lipinski definition) is 5. The van der Waals surface area contributed by atoms with E-state index in [9.17, 15) is 0 Å². The molecule has 47 heavy (non-hydrogen) atoms. The van der Waals surface area contributed by atoms with Gasteiger partial charge in [-0.2, -0.15) is 0 Å². The molecule has 5 heteroatoms. The van der Waals surface area contributed by atoms with Gasteiger partial charge in [-0.05, 0) is 135 Å². The summed E-state index contributed by atoms with van der Waals surface area (Å²) in [6.07, 6.45) is 3.61. The van der Waals surface area contributed by atoms with Crippen LogP contribution in [0.4, 0.5) is 17.1 Å². The number of pyridine rings is 4. The molecule has 0 spiro atoms. The minimum absolute atomic E-state index is 0.864. The molecule has 5 nitrogen and oxygen atoms in total. The fourth-order valence-corrected chi connectivity index (χ4v) is 6.43. The van der Waals surface area contributed by atoms with Crippen LogP contribution in [0.15, 0.2) is 140 Å². The fraction of sp³-hybridized carbons (Fsp3) is 0.0952. The topological polar surface area (TPSA) is 54.8 Å². The van der Waals surface area contributed by atoms with E-state index in [2.05, 4.69) is 121 Å². The minimum Gasteiger partial charge on any atom is -0.310 e. The van der Waals surface area contributed by atoms with Gasteiger partial charge in [-0.1, -0.05) is 42.5 Å². The van der Waals surface area contributed by atoms with Gasteiger partial charge in [0.1, 0.15) is 0 Å². The average Bonchev–Trinajstić information content (AvgIpc) is 3.09. The molecule has 0 N–H and O–H groups in total. The van der Waals surface area contributed by atoms with Crippen molar-refractivity contribution in [1.29, 1.82) is 0 Å².